The van der Waals surface area contributed by atoms with Gasteiger partial charge in [0.1, 0.15) is 11.6 Å². The summed E-state index contributed by atoms with van der Waals surface area (Å²) >= 11 is 0. The van der Waals surface area contributed by atoms with Crippen LogP contribution in [0.1, 0.15) is 5.82 Å². The molecule has 1 aliphatic heterocycles. The number of halogens is 1. The van der Waals surface area contributed by atoms with Gasteiger partial charge in [0.15, 0.2) is 0 Å². The maximum absolute atomic E-state index is 13.1. The van der Waals surface area contributed by atoms with Gasteiger partial charge in [0.25, 0.3) is 0 Å². The Balaban J connectivity index is 1.58. The van der Waals surface area contributed by atoms with Crippen molar-refractivity contribution in [1.82, 2.24) is 14.5 Å². The number of rotatable bonds is 3. The summed E-state index contributed by atoms with van der Waals surface area (Å²) in [5.74, 6) is 0.317. The van der Waals surface area contributed by atoms with E-state index in [4.69, 9.17) is 5.73 Å². The van der Waals surface area contributed by atoms with Crippen molar-refractivity contribution >= 4 is 17.3 Å². The lowest BCUT2D eigenvalue weighted by Crippen LogP contribution is -2.39. The number of hydrogen-bond donors (Lipinski definition) is 2. The van der Waals surface area contributed by atoms with Crippen LogP contribution < -0.4 is 11.1 Å². The molecule has 0 unspecified atom stereocenters. The molecule has 110 valence electrons. The van der Waals surface area contributed by atoms with Gasteiger partial charge in [-0.15, -0.1) is 0 Å². The molecule has 1 aromatic heterocycles. The van der Waals surface area contributed by atoms with E-state index < -0.39 is 5.82 Å². The minimum Gasteiger partial charge on any atom is -0.396 e. The van der Waals surface area contributed by atoms with Gasteiger partial charge in [-0.25, -0.2) is 9.37 Å². The van der Waals surface area contributed by atoms with Gasteiger partial charge < -0.3 is 15.6 Å². The minimum absolute atomic E-state index is 0.0211. The third-order valence-electron chi connectivity index (χ3n) is 3.47. The second kappa shape index (κ2) is 5.53. The third kappa shape index (κ3) is 3.03. The Morgan fingerprint density at radius 1 is 1.43 bits per heavy atom. The predicted molar refractivity (Wildman–Crippen MR) is 76.9 cm³/mol. The third-order valence-corrected chi connectivity index (χ3v) is 3.47. The zero-order valence-corrected chi connectivity index (χ0v) is 11.4. The topological polar surface area (TPSA) is 76.2 Å². The van der Waals surface area contributed by atoms with Gasteiger partial charge >= 0.3 is 0 Å². The molecule has 1 amide bonds. The van der Waals surface area contributed by atoms with E-state index in [1.54, 1.807) is 6.20 Å². The van der Waals surface area contributed by atoms with E-state index in [-0.39, 0.29) is 18.1 Å². The smallest absolute Gasteiger partial charge is 0.238 e. The second-order valence-electron chi connectivity index (χ2n) is 5.03. The molecule has 0 aliphatic carbocycles. The number of aromatic nitrogens is 2. The first-order valence-corrected chi connectivity index (χ1v) is 6.69. The molecule has 0 bridgehead atoms. The van der Waals surface area contributed by atoms with Crippen LogP contribution in [-0.2, 0) is 17.9 Å². The number of carbonyl (C=O) groups excluding carboxylic acids is 1. The number of nitrogens with zero attached hydrogens (tertiary/aromatic N) is 3. The highest BCUT2D eigenvalue weighted by Crippen LogP contribution is 2.16. The standard InChI is InChI=1S/C14H16FN5O/c15-11-2-1-10(7-12(11)16)18-14(21)9-19-5-6-20-4-3-17-13(20)8-19/h1-4,7H,5-6,8-9,16H2,(H,18,21). The van der Waals surface area contributed by atoms with Gasteiger partial charge in [0, 0.05) is 31.2 Å². The Bertz CT molecular complexity index is 669. The monoisotopic (exact) mass is 289 g/mol. The molecule has 0 saturated heterocycles. The maximum atomic E-state index is 13.1. The zero-order valence-electron chi connectivity index (χ0n) is 11.4. The van der Waals surface area contributed by atoms with Crippen molar-refractivity contribution in [2.24, 2.45) is 0 Å². The van der Waals surface area contributed by atoms with Crippen molar-refractivity contribution < 1.29 is 9.18 Å². The molecular formula is C14H16FN5O. The number of nitrogens with two attached hydrogens (primary N) is 1. The van der Waals surface area contributed by atoms with Gasteiger partial charge in [0.05, 0.1) is 18.8 Å². The van der Waals surface area contributed by atoms with Crippen LogP contribution in [0.2, 0.25) is 0 Å². The van der Waals surface area contributed by atoms with Crippen molar-refractivity contribution in [2.75, 3.05) is 24.1 Å². The molecule has 1 aromatic carbocycles. The Morgan fingerprint density at radius 3 is 3.10 bits per heavy atom. The minimum atomic E-state index is -0.490. The average Bonchev–Trinajstić information content (AvgIpc) is 2.90. The van der Waals surface area contributed by atoms with Crippen molar-refractivity contribution in [3.8, 4) is 0 Å². The number of benzene rings is 1. The molecule has 1 aliphatic rings. The van der Waals surface area contributed by atoms with Gasteiger partial charge in [-0.3, -0.25) is 9.69 Å². The fourth-order valence-electron chi connectivity index (χ4n) is 2.38. The molecule has 0 saturated carbocycles. The summed E-state index contributed by atoms with van der Waals surface area (Å²) < 4.78 is 15.1. The number of amides is 1. The van der Waals surface area contributed by atoms with Crippen LogP contribution in [0.25, 0.3) is 0 Å². The SMILES string of the molecule is Nc1cc(NC(=O)CN2CCn3ccnc3C2)ccc1F. The van der Waals surface area contributed by atoms with E-state index in [1.165, 1.54) is 18.2 Å². The molecule has 0 radical (unpaired) electrons. The highest BCUT2D eigenvalue weighted by atomic mass is 19.1. The van der Waals surface area contributed by atoms with Crippen LogP contribution in [0.3, 0.4) is 0 Å². The van der Waals surface area contributed by atoms with E-state index in [0.29, 0.717) is 12.2 Å². The van der Waals surface area contributed by atoms with Gasteiger partial charge in [-0.2, -0.15) is 0 Å². The lowest BCUT2D eigenvalue weighted by molar-refractivity contribution is -0.117. The molecule has 3 rings (SSSR count). The molecule has 21 heavy (non-hydrogen) atoms. The summed E-state index contributed by atoms with van der Waals surface area (Å²) in [7, 11) is 0. The van der Waals surface area contributed by atoms with Crippen LogP contribution in [0.5, 0.6) is 0 Å². The molecule has 7 heteroatoms. The average molecular weight is 289 g/mol. The second-order valence-corrected chi connectivity index (χ2v) is 5.03. The number of nitrogen functional groups attached to an aromatic ring is 1. The van der Waals surface area contributed by atoms with Crippen molar-refractivity contribution in [2.45, 2.75) is 13.1 Å². The number of nitrogens with one attached hydrogen (secondary N) is 1. The molecular weight excluding hydrogens is 273 g/mol. The Kier molecular flexibility index (Phi) is 3.57. The highest BCUT2D eigenvalue weighted by Gasteiger charge is 2.18. The van der Waals surface area contributed by atoms with E-state index in [9.17, 15) is 9.18 Å². The van der Waals surface area contributed by atoms with Crippen LogP contribution in [0.4, 0.5) is 15.8 Å². The number of hydrogen-bond acceptors (Lipinski definition) is 4. The molecule has 2 aromatic rings. The van der Waals surface area contributed by atoms with Gasteiger partial charge in [-0.05, 0) is 18.2 Å². The van der Waals surface area contributed by atoms with Crippen LogP contribution in [0.15, 0.2) is 30.6 Å². The fraction of sp³-hybridized carbons (Fsp3) is 0.286. The normalized spacial score (nSPS) is 14.7. The van der Waals surface area contributed by atoms with Crippen molar-refractivity contribution in [3.63, 3.8) is 0 Å². The van der Waals surface area contributed by atoms with Gasteiger partial charge in [0.2, 0.25) is 5.91 Å². The predicted octanol–water partition coefficient (Wildman–Crippen LogP) is 1.06. The Hall–Kier alpha value is -2.41. The van der Waals surface area contributed by atoms with Crippen LogP contribution in [0, 0.1) is 5.82 Å². The summed E-state index contributed by atoms with van der Waals surface area (Å²) in [5.41, 5.74) is 5.99. The molecule has 0 spiro atoms. The van der Waals surface area contributed by atoms with E-state index in [2.05, 4.69) is 14.9 Å². The van der Waals surface area contributed by atoms with Crippen molar-refractivity contribution in [3.05, 3.63) is 42.2 Å². The molecule has 6 nitrogen and oxygen atoms in total. The summed E-state index contributed by atoms with van der Waals surface area (Å²) in [5, 5.41) is 2.72. The summed E-state index contributed by atoms with van der Waals surface area (Å²) in [4.78, 5) is 18.3. The first-order valence-electron chi connectivity index (χ1n) is 6.69. The van der Waals surface area contributed by atoms with E-state index >= 15 is 0 Å². The Labute approximate surface area is 121 Å². The first kappa shape index (κ1) is 13.6. The molecule has 0 fully saturated rings. The molecule has 2 heterocycles. The number of fused-ring (bicyclic) bond motifs is 1. The largest absolute Gasteiger partial charge is 0.396 e. The summed E-state index contributed by atoms with van der Waals surface area (Å²) in [6.07, 6.45) is 3.70. The maximum Gasteiger partial charge on any atom is 0.238 e. The van der Waals surface area contributed by atoms with Gasteiger partial charge in [-0.1, -0.05) is 0 Å². The first-order chi connectivity index (χ1) is 10.1. The molecule has 3 N–H and O–H groups in total. The highest BCUT2D eigenvalue weighted by molar-refractivity contribution is 5.92. The summed E-state index contributed by atoms with van der Waals surface area (Å²) in [6, 6.07) is 4.14. The van der Waals surface area contributed by atoms with E-state index in [1.807, 2.05) is 11.1 Å². The molecule has 0 atom stereocenters. The van der Waals surface area contributed by atoms with Crippen molar-refractivity contribution in [1.29, 1.82) is 0 Å². The number of imidazole rings is 1. The lowest BCUT2D eigenvalue weighted by Gasteiger charge is -2.26. The van der Waals surface area contributed by atoms with E-state index in [0.717, 1.165) is 18.9 Å². The van der Waals surface area contributed by atoms with Crippen LogP contribution in [-0.4, -0.2) is 33.4 Å². The quantitative estimate of drug-likeness (QED) is 0.828. The summed E-state index contributed by atoms with van der Waals surface area (Å²) in [6.45, 7) is 2.53. The lowest BCUT2D eigenvalue weighted by atomic mass is 10.2. The number of carbonyl (C=O) groups is 1. The number of anilines is 2. The fourth-order valence-corrected chi connectivity index (χ4v) is 2.38. The van der Waals surface area contributed by atoms with Crippen LogP contribution >= 0.6 is 0 Å². The Morgan fingerprint density at radius 2 is 2.29 bits per heavy atom. The zero-order chi connectivity index (χ0) is 14.8.